The molecular weight excluding hydrogens is 452 g/mol. The Kier molecular flexibility index (Phi) is 6.26. The summed E-state index contributed by atoms with van der Waals surface area (Å²) in [6, 6.07) is 0. The number of carbonyl (C=O) groups excluding carboxylic acids is 1. The molecule has 0 spiro atoms. The van der Waals surface area contributed by atoms with Crippen LogP contribution in [0.25, 0.3) is 0 Å². The molecule has 3 saturated carbocycles. The highest BCUT2D eigenvalue weighted by Crippen LogP contribution is 2.69. The fourth-order valence-electron chi connectivity index (χ4n) is 8.31. The average molecular weight is 497 g/mol. The average Bonchev–Trinajstić information content (AvgIpc) is 3.01. The Balaban J connectivity index is 1.70. The van der Waals surface area contributed by atoms with Crippen LogP contribution < -0.4 is 0 Å². The summed E-state index contributed by atoms with van der Waals surface area (Å²) in [5.74, 6) is -1.38. The lowest BCUT2D eigenvalue weighted by Gasteiger charge is -2.62. The first kappa shape index (κ1) is 27.2. The number of carbonyl (C=O) groups is 1. The fourth-order valence-corrected chi connectivity index (χ4v) is 8.31. The predicted octanol–water partition coefficient (Wildman–Crippen LogP) is 0.969. The number of hydrogen-bond donors (Lipinski definition) is 7. The monoisotopic (exact) mass is 496 g/mol. The van der Waals surface area contributed by atoms with Crippen LogP contribution in [0.5, 0.6) is 0 Å². The number of ketones is 1. The summed E-state index contributed by atoms with van der Waals surface area (Å²) >= 11 is 0. The standard InChI is InChI=1S/C27H44O8/c1-22(2,32)9-8-20(30)25(5,33)19-7-11-26(34)16-12-21(31)27(35)14-18(29)17(28)13-24(27,4)15(16)6-10-23(19,26)3/h12,15,17-20,28-30,32-35H,6-11,13-14H2,1-5H3/t15-,17+,18+,19-,20+,23+,24+,25+,26+,27-/m0/s1. The zero-order valence-electron chi connectivity index (χ0n) is 21.7. The second-order valence-electron chi connectivity index (χ2n) is 13.3. The number of fused-ring (bicyclic) bond motifs is 5. The lowest BCUT2D eigenvalue weighted by molar-refractivity contribution is -0.211. The Morgan fingerprint density at radius 3 is 2.17 bits per heavy atom. The molecule has 8 heteroatoms. The van der Waals surface area contributed by atoms with Gasteiger partial charge in [-0.1, -0.05) is 13.8 Å². The first-order valence-corrected chi connectivity index (χ1v) is 13.0. The van der Waals surface area contributed by atoms with Crippen LogP contribution >= 0.6 is 0 Å². The Hall–Kier alpha value is -0.870. The van der Waals surface area contributed by atoms with Crippen LogP contribution in [0, 0.1) is 22.7 Å². The van der Waals surface area contributed by atoms with Crippen LogP contribution in [-0.2, 0) is 4.79 Å². The fraction of sp³-hybridized carbons (Fsp3) is 0.889. The van der Waals surface area contributed by atoms with E-state index in [2.05, 4.69) is 0 Å². The molecule has 7 N–H and O–H groups in total. The van der Waals surface area contributed by atoms with E-state index in [4.69, 9.17) is 0 Å². The van der Waals surface area contributed by atoms with Crippen LogP contribution in [0.4, 0.5) is 0 Å². The van der Waals surface area contributed by atoms with Gasteiger partial charge in [0.2, 0.25) is 0 Å². The summed E-state index contributed by atoms with van der Waals surface area (Å²) < 4.78 is 0. The van der Waals surface area contributed by atoms with Crippen LogP contribution in [0.1, 0.15) is 86.0 Å². The highest BCUT2D eigenvalue weighted by Gasteiger charge is 2.71. The summed E-state index contributed by atoms with van der Waals surface area (Å²) in [4.78, 5) is 13.3. The van der Waals surface area contributed by atoms with E-state index < -0.39 is 63.2 Å². The molecule has 0 aromatic heterocycles. The molecule has 0 aliphatic heterocycles. The smallest absolute Gasteiger partial charge is 0.187 e. The molecule has 3 fully saturated rings. The Morgan fingerprint density at radius 2 is 1.57 bits per heavy atom. The van der Waals surface area contributed by atoms with Crippen molar-refractivity contribution in [1.29, 1.82) is 0 Å². The summed E-state index contributed by atoms with van der Waals surface area (Å²) in [5.41, 5.74) is -7.07. The molecule has 0 aromatic rings. The first-order chi connectivity index (χ1) is 15.8. The molecule has 4 rings (SSSR count). The van der Waals surface area contributed by atoms with Crippen LogP contribution in [-0.4, -0.2) is 82.2 Å². The van der Waals surface area contributed by atoms with Gasteiger partial charge in [0.25, 0.3) is 0 Å². The maximum Gasteiger partial charge on any atom is 0.187 e. The van der Waals surface area contributed by atoms with E-state index in [1.807, 2.05) is 6.92 Å². The second-order valence-corrected chi connectivity index (χ2v) is 13.3. The number of hydrogen-bond acceptors (Lipinski definition) is 8. The van der Waals surface area contributed by atoms with Crippen LogP contribution in [0.3, 0.4) is 0 Å². The molecule has 0 saturated heterocycles. The van der Waals surface area contributed by atoms with Gasteiger partial charge in [-0.3, -0.25) is 4.79 Å². The minimum absolute atomic E-state index is 0.0437. The van der Waals surface area contributed by atoms with Crippen molar-refractivity contribution in [2.45, 2.75) is 127 Å². The van der Waals surface area contributed by atoms with Crippen molar-refractivity contribution in [1.82, 2.24) is 0 Å². The maximum absolute atomic E-state index is 13.3. The quantitative estimate of drug-likeness (QED) is 0.297. The molecule has 0 amide bonds. The predicted molar refractivity (Wildman–Crippen MR) is 128 cm³/mol. The third-order valence-electron chi connectivity index (χ3n) is 10.7. The van der Waals surface area contributed by atoms with Gasteiger partial charge in [-0.15, -0.1) is 0 Å². The third kappa shape index (κ3) is 3.70. The number of rotatable bonds is 5. The van der Waals surface area contributed by atoms with Crippen LogP contribution in [0.2, 0.25) is 0 Å². The minimum atomic E-state index is -1.82. The Bertz CT molecular complexity index is 907. The van der Waals surface area contributed by atoms with Gasteiger partial charge in [0.1, 0.15) is 5.60 Å². The van der Waals surface area contributed by atoms with Crippen LogP contribution in [0.15, 0.2) is 11.6 Å². The van der Waals surface area contributed by atoms with E-state index in [0.29, 0.717) is 37.7 Å². The van der Waals surface area contributed by atoms with E-state index in [1.54, 1.807) is 27.7 Å². The van der Waals surface area contributed by atoms with Gasteiger partial charge in [-0.2, -0.15) is 0 Å². The zero-order chi connectivity index (χ0) is 26.4. The summed E-state index contributed by atoms with van der Waals surface area (Å²) in [5, 5.41) is 77.0. The highest BCUT2D eigenvalue weighted by molar-refractivity contribution is 6.00. The summed E-state index contributed by atoms with van der Waals surface area (Å²) in [6.45, 7) is 8.58. The van der Waals surface area contributed by atoms with Gasteiger partial charge in [-0.25, -0.2) is 0 Å². The van der Waals surface area contributed by atoms with Crippen molar-refractivity contribution in [3.05, 3.63) is 11.6 Å². The summed E-state index contributed by atoms with van der Waals surface area (Å²) in [7, 11) is 0. The molecule has 0 heterocycles. The molecule has 4 aliphatic rings. The first-order valence-electron chi connectivity index (χ1n) is 13.0. The van der Waals surface area contributed by atoms with Crippen molar-refractivity contribution >= 4 is 5.78 Å². The van der Waals surface area contributed by atoms with Gasteiger partial charge in [0.15, 0.2) is 5.78 Å². The minimum Gasteiger partial charge on any atom is -0.390 e. The molecule has 200 valence electrons. The molecule has 10 atom stereocenters. The number of aliphatic hydroxyl groups is 7. The number of aliphatic hydroxyl groups excluding tert-OH is 3. The van der Waals surface area contributed by atoms with Crippen molar-refractivity contribution in [2.75, 3.05) is 0 Å². The molecule has 4 aliphatic carbocycles. The molecular formula is C27H44O8. The molecule has 35 heavy (non-hydrogen) atoms. The SMILES string of the molecule is CC(C)(O)CC[C@@H](O)[C@](C)(O)[C@H]1CC[C@@]2(O)C3=CC(=O)[C@@]4(O)C[C@@H](O)[C@H](O)C[C@]4(C)[C@H]3CC[C@]12C. The van der Waals surface area contributed by atoms with E-state index in [-0.39, 0.29) is 25.2 Å². The normalized spacial score (nSPS) is 48.3. The van der Waals surface area contributed by atoms with Crippen molar-refractivity contribution in [3.63, 3.8) is 0 Å². The Morgan fingerprint density at radius 1 is 0.971 bits per heavy atom. The Labute approximate surface area is 207 Å². The van der Waals surface area contributed by atoms with Gasteiger partial charge >= 0.3 is 0 Å². The summed E-state index contributed by atoms with van der Waals surface area (Å²) in [6.07, 6.45) is 0.0884. The van der Waals surface area contributed by atoms with Crippen molar-refractivity contribution in [3.8, 4) is 0 Å². The molecule has 8 nitrogen and oxygen atoms in total. The largest absolute Gasteiger partial charge is 0.390 e. The highest BCUT2D eigenvalue weighted by atomic mass is 16.3. The topological polar surface area (TPSA) is 159 Å². The van der Waals surface area contributed by atoms with E-state index in [9.17, 15) is 40.5 Å². The lowest BCUT2D eigenvalue weighted by atomic mass is 9.44. The molecule has 0 bridgehead atoms. The van der Waals surface area contributed by atoms with Gasteiger partial charge in [0.05, 0.1) is 35.1 Å². The third-order valence-corrected chi connectivity index (χ3v) is 10.7. The molecule has 0 unspecified atom stereocenters. The van der Waals surface area contributed by atoms with E-state index in [1.165, 1.54) is 6.08 Å². The zero-order valence-corrected chi connectivity index (χ0v) is 21.7. The van der Waals surface area contributed by atoms with Gasteiger partial charge < -0.3 is 35.7 Å². The van der Waals surface area contributed by atoms with Crippen molar-refractivity contribution in [2.24, 2.45) is 22.7 Å². The molecule has 0 radical (unpaired) electrons. The molecule has 0 aromatic carbocycles. The maximum atomic E-state index is 13.3. The second kappa shape index (κ2) is 8.06. The van der Waals surface area contributed by atoms with E-state index >= 15 is 0 Å². The van der Waals surface area contributed by atoms with Crippen molar-refractivity contribution < 1.29 is 40.5 Å². The lowest BCUT2D eigenvalue weighted by Crippen LogP contribution is -2.69. The van der Waals surface area contributed by atoms with Gasteiger partial charge in [-0.05, 0) is 89.2 Å². The van der Waals surface area contributed by atoms with E-state index in [0.717, 1.165) is 0 Å². The van der Waals surface area contributed by atoms with Gasteiger partial charge in [0, 0.05) is 17.3 Å².